The Hall–Kier alpha value is -2.61. The molecule has 1 aromatic rings. The Bertz CT molecular complexity index is 897. The number of guanidine groups is 1. The zero-order chi connectivity index (χ0) is 23.9. The van der Waals surface area contributed by atoms with Gasteiger partial charge in [0, 0.05) is 24.6 Å². The molecule has 1 saturated carbocycles. The van der Waals surface area contributed by atoms with E-state index in [9.17, 15) is 14.7 Å². The highest BCUT2D eigenvalue weighted by Crippen LogP contribution is 2.35. The minimum absolute atomic E-state index is 0.0171. The Kier molecular flexibility index (Phi) is 8.43. The van der Waals surface area contributed by atoms with Crippen LogP contribution in [0.15, 0.2) is 23.2 Å². The van der Waals surface area contributed by atoms with Crippen molar-refractivity contribution in [2.45, 2.75) is 77.3 Å². The highest BCUT2D eigenvalue weighted by Gasteiger charge is 2.32. The van der Waals surface area contributed by atoms with E-state index in [1.165, 1.54) is 25.7 Å². The monoisotopic (exact) mass is 470 g/mol. The number of nitrogens with zero attached hydrogens (tertiary/aromatic N) is 3. The van der Waals surface area contributed by atoms with Crippen molar-refractivity contribution in [3.05, 3.63) is 23.8 Å². The van der Waals surface area contributed by atoms with Crippen LogP contribution in [0.5, 0.6) is 5.75 Å². The Balaban J connectivity index is 1.27. The number of aliphatic hydroxyl groups is 1. The standard InChI is InChI=1S/C26H38N4O4/c1-2-8-22(19-9-3-4-10-19)30(14-15-31)25(33)13-5-6-16-34-23-12-7-11-21-20(23)17-29-18-24(32)28-26(29)27-21/h7,11-12,19,22,31H,2-6,8-10,13-18H2,1H3,(H,27,28,32). The molecular formula is C26H38N4O4. The van der Waals surface area contributed by atoms with Crippen LogP contribution in [-0.2, 0) is 16.1 Å². The topological polar surface area (TPSA) is 94.5 Å². The van der Waals surface area contributed by atoms with E-state index < -0.39 is 0 Å². The summed E-state index contributed by atoms with van der Waals surface area (Å²) >= 11 is 0. The highest BCUT2D eigenvalue weighted by atomic mass is 16.5. The number of rotatable bonds is 12. The normalized spacial score (nSPS) is 18.2. The lowest BCUT2D eigenvalue weighted by molar-refractivity contribution is -0.135. The fourth-order valence-electron chi connectivity index (χ4n) is 5.55. The number of unbranched alkanes of at least 4 members (excludes halogenated alkanes) is 1. The van der Waals surface area contributed by atoms with Crippen molar-refractivity contribution in [3.63, 3.8) is 0 Å². The van der Waals surface area contributed by atoms with Gasteiger partial charge in [-0.25, -0.2) is 4.99 Å². The first kappa shape index (κ1) is 24.5. The van der Waals surface area contributed by atoms with Crippen LogP contribution in [0.25, 0.3) is 0 Å². The Morgan fingerprint density at radius 2 is 2.12 bits per heavy atom. The molecule has 2 N–H and O–H groups in total. The second-order valence-corrected chi connectivity index (χ2v) is 9.61. The molecule has 2 heterocycles. The van der Waals surface area contributed by atoms with Gasteiger partial charge in [-0.1, -0.05) is 32.3 Å². The molecule has 1 aromatic carbocycles. The maximum atomic E-state index is 13.1. The first-order chi connectivity index (χ1) is 16.6. The van der Waals surface area contributed by atoms with Crippen molar-refractivity contribution in [1.82, 2.24) is 15.1 Å². The molecule has 3 aliphatic rings. The number of carbonyl (C=O) groups excluding carboxylic acids is 2. The van der Waals surface area contributed by atoms with Crippen LogP contribution in [0.3, 0.4) is 0 Å². The van der Waals surface area contributed by atoms with Gasteiger partial charge < -0.3 is 19.6 Å². The van der Waals surface area contributed by atoms with E-state index in [1.54, 1.807) is 0 Å². The molecule has 2 amide bonds. The quantitative estimate of drug-likeness (QED) is 0.457. The van der Waals surface area contributed by atoms with Crippen molar-refractivity contribution >= 4 is 23.5 Å². The summed E-state index contributed by atoms with van der Waals surface area (Å²) in [6.07, 6.45) is 8.99. The second-order valence-electron chi connectivity index (χ2n) is 9.61. The van der Waals surface area contributed by atoms with Gasteiger partial charge in [-0.3, -0.25) is 14.9 Å². The Labute approximate surface area is 202 Å². The van der Waals surface area contributed by atoms with Crippen LogP contribution >= 0.6 is 0 Å². The summed E-state index contributed by atoms with van der Waals surface area (Å²) < 4.78 is 6.07. The summed E-state index contributed by atoms with van der Waals surface area (Å²) in [5.41, 5.74) is 1.82. The number of amides is 2. The van der Waals surface area contributed by atoms with Gasteiger partial charge in [0.15, 0.2) is 0 Å². The van der Waals surface area contributed by atoms with Gasteiger partial charge in [0.05, 0.1) is 25.4 Å². The SMILES string of the molecule is CCCC(C1CCCC1)N(CCO)C(=O)CCCCOc1cccc2c1CN1CC(=O)NC1=N2. The minimum atomic E-state index is -0.0389. The number of carbonyl (C=O) groups is 2. The number of ether oxygens (including phenoxy) is 1. The summed E-state index contributed by atoms with van der Waals surface area (Å²) in [6.45, 7) is 4.06. The molecule has 1 saturated heterocycles. The molecule has 2 fully saturated rings. The van der Waals surface area contributed by atoms with Crippen molar-refractivity contribution in [2.24, 2.45) is 10.9 Å². The zero-order valence-corrected chi connectivity index (χ0v) is 20.3. The maximum Gasteiger partial charge on any atom is 0.246 e. The molecule has 0 radical (unpaired) electrons. The van der Waals surface area contributed by atoms with Gasteiger partial charge in [0.25, 0.3) is 0 Å². The molecule has 1 aliphatic carbocycles. The van der Waals surface area contributed by atoms with E-state index in [0.29, 0.717) is 44.5 Å². The molecule has 1 unspecified atom stereocenters. The van der Waals surface area contributed by atoms with Crippen molar-refractivity contribution in [1.29, 1.82) is 0 Å². The number of nitrogens with one attached hydrogen (secondary N) is 1. The number of hydrogen-bond acceptors (Lipinski definition) is 6. The van der Waals surface area contributed by atoms with Gasteiger partial charge in [0.2, 0.25) is 17.8 Å². The largest absolute Gasteiger partial charge is 0.493 e. The average molecular weight is 471 g/mol. The number of benzene rings is 1. The third kappa shape index (κ3) is 5.71. The molecule has 0 bridgehead atoms. The molecule has 34 heavy (non-hydrogen) atoms. The predicted molar refractivity (Wildman–Crippen MR) is 131 cm³/mol. The van der Waals surface area contributed by atoms with E-state index in [-0.39, 0.29) is 24.5 Å². The molecular weight excluding hydrogens is 432 g/mol. The van der Waals surface area contributed by atoms with Crippen LogP contribution < -0.4 is 10.1 Å². The lowest BCUT2D eigenvalue weighted by atomic mass is 9.92. The molecule has 0 spiro atoms. The van der Waals surface area contributed by atoms with Gasteiger partial charge >= 0.3 is 0 Å². The van der Waals surface area contributed by atoms with Gasteiger partial charge in [-0.05, 0) is 50.2 Å². The number of aliphatic hydroxyl groups excluding tert-OH is 1. The smallest absolute Gasteiger partial charge is 0.246 e. The molecule has 0 aromatic heterocycles. The summed E-state index contributed by atoms with van der Waals surface area (Å²) in [4.78, 5) is 33.2. The van der Waals surface area contributed by atoms with E-state index in [1.807, 2.05) is 28.0 Å². The van der Waals surface area contributed by atoms with E-state index in [4.69, 9.17) is 4.74 Å². The van der Waals surface area contributed by atoms with Gasteiger partial charge in [0.1, 0.15) is 12.3 Å². The van der Waals surface area contributed by atoms with E-state index in [0.717, 1.165) is 42.7 Å². The lowest BCUT2D eigenvalue weighted by Crippen LogP contribution is -2.45. The zero-order valence-electron chi connectivity index (χ0n) is 20.3. The number of aliphatic imine (C=N–C) groups is 1. The van der Waals surface area contributed by atoms with Crippen LogP contribution in [0, 0.1) is 5.92 Å². The second kappa shape index (κ2) is 11.7. The number of fused-ring (bicyclic) bond motifs is 2. The fraction of sp³-hybridized carbons (Fsp3) is 0.654. The maximum absolute atomic E-state index is 13.1. The Morgan fingerprint density at radius 3 is 2.88 bits per heavy atom. The Morgan fingerprint density at radius 1 is 1.29 bits per heavy atom. The van der Waals surface area contributed by atoms with Crippen LogP contribution in [0.1, 0.15) is 70.3 Å². The molecule has 1 atom stereocenters. The van der Waals surface area contributed by atoms with Crippen LogP contribution in [-0.4, -0.2) is 65.0 Å². The first-order valence-electron chi connectivity index (χ1n) is 12.9. The van der Waals surface area contributed by atoms with Gasteiger partial charge in [-0.15, -0.1) is 0 Å². The molecule has 8 heteroatoms. The lowest BCUT2D eigenvalue weighted by Gasteiger charge is -2.35. The average Bonchev–Trinajstić information content (AvgIpc) is 3.48. The van der Waals surface area contributed by atoms with Crippen molar-refractivity contribution in [2.75, 3.05) is 26.3 Å². The van der Waals surface area contributed by atoms with Crippen molar-refractivity contribution in [3.8, 4) is 5.75 Å². The molecule has 2 aliphatic heterocycles. The number of hydrogen-bond donors (Lipinski definition) is 2. The fourth-order valence-corrected chi connectivity index (χ4v) is 5.55. The third-order valence-electron chi connectivity index (χ3n) is 7.20. The summed E-state index contributed by atoms with van der Waals surface area (Å²) in [6, 6.07) is 6.05. The molecule has 186 valence electrons. The molecule has 4 rings (SSSR count). The summed E-state index contributed by atoms with van der Waals surface area (Å²) in [5, 5.41) is 12.4. The first-order valence-corrected chi connectivity index (χ1v) is 12.9. The molecule has 8 nitrogen and oxygen atoms in total. The van der Waals surface area contributed by atoms with Crippen LogP contribution in [0.2, 0.25) is 0 Å². The van der Waals surface area contributed by atoms with E-state index in [2.05, 4.69) is 17.2 Å². The van der Waals surface area contributed by atoms with E-state index >= 15 is 0 Å². The van der Waals surface area contributed by atoms with Crippen molar-refractivity contribution < 1.29 is 19.4 Å². The minimum Gasteiger partial charge on any atom is -0.493 e. The van der Waals surface area contributed by atoms with Gasteiger partial charge in [-0.2, -0.15) is 0 Å². The summed E-state index contributed by atoms with van der Waals surface area (Å²) in [5.74, 6) is 2.09. The highest BCUT2D eigenvalue weighted by molar-refractivity contribution is 6.05. The summed E-state index contributed by atoms with van der Waals surface area (Å²) in [7, 11) is 0. The predicted octanol–water partition coefficient (Wildman–Crippen LogP) is 3.35. The van der Waals surface area contributed by atoms with Crippen LogP contribution in [0.4, 0.5) is 5.69 Å². The third-order valence-corrected chi connectivity index (χ3v) is 7.20.